The van der Waals surface area contributed by atoms with Crippen LogP contribution in [0, 0.1) is 0 Å². The van der Waals surface area contributed by atoms with Crippen molar-refractivity contribution in [3.63, 3.8) is 0 Å². The molecule has 0 aromatic rings. The molecule has 0 saturated carbocycles. The Kier molecular flexibility index (Phi) is 20.0. The number of carbonyl (C=O) groups is 2. The van der Waals surface area contributed by atoms with E-state index in [4.69, 9.17) is 9.47 Å². The van der Waals surface area contributed by atoms with Gasteiger partial charge in [0.05, 0.1) is 0 Å². The van der Waals surface area contributed by atoms with Crippen molar-refractivity contribution in [1.29, 1.82) is 0 Å². The van der Waals surface area contributed by atoms with Crippen LogP contribution in [-0.4, -0.2) is 24.1 Å². The van der Waals surface area contributed by atoms with Crippen LogP contribution in [0.1, 0.15) is 130 Å². The van der Waals surface area contributed by atoms with Crippen molar-refractivity contribution in [1.82, 2.24) is 0 Å². The largest absolute Gasteiger partial charge is 0.459 e. The topological polar surface area (TPSA) is 52.6 Å². The van der Waals surface area contributed by atoms with E-state index in [0.717, 1.165) is 64.2 Å². The molecule has 0 aromatic heterocycles. The van der Waals surface area contributed by atoms with E-state index in [1.54, 1.807) is 0 Å². The van der Waals surface area contributed by atoms with E-state index in [0.29, 0.717) is 0 Å². The van der Waals surface area contributed by atoms with Crippen LogP contribution in [0.3, 0.4) is 0 Å². The van der Waals surface area contributed by atoms with Crippen molar-refractivity contribution in [2.45, 2.75) is 143 Å². The van der Waals surface area contributed by atoms with Gasteiger partial charge in [0, 0.05) is 12.2 Å². The zero-order valence-corrected chi connectivity index (χ0v) is 20.3. The van der Waals surface area contributed by atoms with Crippen molar-refractivity contribution in [2.24, 2.45) is 0 Å². The average molecular weight is 425 g/mol. The van der Waals surface area contributed by atoms with Gasteiger partial charge in [0.25, 0.3) is 0 Å². The molecule has 0 rings (SSSR count). The molecule has 0 aliphatic heterocycles. The maximum absolute atomic E-state index is 12.2. The summed E-state index contributed by atoms with van der Waals surface area (Å²) < 4.78 is 11.2. The van der Waals surface area contributed by atoms with E-state index in [2.05, 4.69) is 27.7 Å². The zero-order chi connectivity index (χ0) is 22.5. The maximum Gasteiger partial charge on any atom is 0.331 e. The number of carbonyl (C=O) groups excluding carboxylic acids is 2. The molecule has 0 aliphatic carbocycles. The highest BCUT2D eigenvalue weighted by Gasteiger charge is 2.15. The molecule has 0 saturated heterocycles. The molecule has 176 valence electrons. The van der Waals surface area contributed by atoms with Crippen LogP contribution in [0.5, 0.6) is 0 Å². The third-order valence-electron chi connectivity index (χ3n) is 5.44. The van der Waals surface area contributed by atoms with E-state index >= 15 is 0 Å². The van der Waals surface area contributed by atoms with Crippen molar-refractivity contribution in [2.75, 3.05) is 0 Å². The molecule has 2 unspecified atom stereocenters. The quantitative estimate of drug-likeness (QED) is 0.114. The van der Waals surface area contributed by atoms with Gasteiger partial charge in [-0.05, 0) is 38.5 Å². The number of rotatable bonds is 20. The van der Waals surface area contributed by atoms with E-state index in [1.807, 2.05) is 0 Å². The summed E-state index contributed by atoms with van der Waals surface area (Å²) in [6.07, 6.45) is 19.6. The second-order valence-electron chi connectivity index (χ2n) is 8.43. The maximum atomic E-state index is 12.2. The second-order valence-corrected chi connectivity index (χ2v) is 8.43. The summed E-state index contributed by atoms with van der Waals surface area (Å²) in [6.45, 7) is 8.67. The lowest BCUT2D eigenvalue weighted by Crippen LogP contribution is -2.19. The fourth-order valence-corrected chi connectivity index (χ4v) is 3.53. The van der Waals surface area contributed by atoms with Gasteiger partial charge in [-0.2, -0.15) is 0 Å². The van der Waals surface area contributed by atoms with Crippen molar-refractivity contribution in [3.05, 3.63) is 12.2 Å². The Morgan fingerprint density at radius 1 is 0.533 bits per heavy atom. The molecule has 0 radical (unpaired) electrons. The van der Waals surface area contributed by atoms with Gasteiger partial charge in [-0.15, -0.1) is 0 Å². The van der Waals surface area contributed by atoms with Gasteiger partial charge in [-0.3, -0.25) is 0 Å². The van der Waals surface area contributed by atoms with Gasteiger partial charge < -0.3 is 9.47 Å². The predicted octanol–water partition coefficient (Wildman–Crippen LogP) is 7.69. The molecule has 2 atom stereocenters. The summed E-state index contributed by atoms with van der Waals surface area (Å²) in [4.78, 5) is 24.4. The molecule has 0 bridgehead atoms. The van der Waals surface area contributed by atoms with Gasteiger partial charge in [-0.25, -0.2) is 9.59 Å². The first-order valence-corrected chi connectivity index (χ1v) is 12.7. The average Bonchev–Trinajstić information content (AvgIpc) is 2.74. The van der Waals surface area contributed by atoms with Gasteiger partial charge in [0.15, 0.2) is 0 Å². The minimum atomic E-state index is -0.434. The molecule has 0 N–H and O–H groups in total. The first-order chi connectivity index (χ1) is 14.6. The molecule has 0 heterocycles. The van der Waals surface area contributed by atoms with Gasteiger partial charge in [-0.1, -0.05) is 91.9 Å². The number of hydrogen-bond donors (Lipinski definition) is 0. The lowest BCUT2D eigenvalue weighted by atomic mass is 10.0. The molecule has 0 fully saturated rings. The van der Waals surface area contributed by atoms with E-state index in [9.17, 15) is 9.59 Å². The fraction of sp³-hybridized carbons (Fsp3) is 0.846. The standard InChI is InChI=1S/C26H48O4/c1-5-9-13-15-19-23(17-11-7-3)29-25(27)21-22-26(28)30-24(18-12-8-4)20-16-14-10-6-2/h21-24H,5-20H2,1-4H3/b22-21-. The number of unbranched alkanes of at least 4 members (excludes halogenated alkanes) is 8. The number of esters is 2. The first kappa shape index (κ1) is 28.7. The molecule has 30 heavy (non-hydrogen) atoms. The van der Waals surface area contributed by atoms with Crippen LogP contribution >= 0.6 is 0 Å². The smallest absolute Gasteiger partial charge is 0.331 e. The summed E-state index contributed by atoms with van der Waals surface area (Å²) in [6, 6.07) is 0. The van der Waals surface area contributed by atoms with Crippen molar-refractivity contribution < 1.29 is 19.1 Å². The van der Waals surface area contributed by atoms with Crippen LogP contribution < -0.4 is 0 Å². The molecule has 0 amide bonds. The highest BCUT2D eigenvalue weighted by Crippen LogP contribution is 2.16. The summed E-state index contributed by atoms with van der Waals surface area (Å²) in [7, 11) is 0. The minimum Gasteiger partial charge on any atom is -0.459 e. The SMILES string of the molecule is CCCCCCC(CCCC)OC(=O)/C=C\C(=O)OC(CCCC)CCCCCC. The third-order valence-corrected chi connectivity index (χ3v) is 5.44. The molecule has 0 aromatic carbocycles. The monoisotopic (exact) mass is 424 g/mol. The Hall–Kier alpha value is -1.32. The molecule has 0 aliphatic rings. The summed E-state index contributed by atoms with van der Waals surface area (Å²) >= 11 is 0. The summed E-state index contributed by atoms with van der Waals surface area (Å²) in [5, 5.41) is 0. The summed E-state index contributed by atoms with van der Waals surface area (Å²) in [5.41, 5.74) is 0. The molecule has 0 spiro atoms. The number of ether oxygens (including phenoxy) is 2. The van der Waals surface area contributed by atoms with Crippen LogP contribution in [0.4, 0.5) is 0 Å². The van der Waals surface area contributed by atoms with Crippen LogP contribution in [-0.2, 0) is 19.1 Å². The van der Waals surface area contributed by atoms with E-state index in [-0.39, 0.29) is 12.2 Å². The highest BCUT2D eigenvalue weighted by molar-refractivity contribution is 5.91. The summed E-state index contributed by atoms with van der Waals surface area (Å²) in [5.74, 6) is -0.867. The van der Waals surface area contributed by atoms with Crippen LogP contribution in [0.2, 0.25) is 0 Å². The Morgan fingerprint density at radius 3 is 1.20 bits per heavy atom. The van der Waals surface area contributed by atoms with Gasteiger partial charge in [0.1, 0.15) is 12.2 Å². The second kappa shape index (κ2) is 20.9. The van der Waals surface area contributed by atoms with Crippen molar-refractivity contribution >= 4 is 11.9 Å². The molecular weight excluding hydrogens is 376 g/mol. The highest BCUT2D eigenvalue weighted by atomic mass is 16.5. The zero-order valence-electron chi connectivity index (χ0n) is 20.3. The minimum absolute atomic E-state index is 0.0501. The lowest BCUT2D eigenvalue weighted by Gasteiger charge is -2.17. The van der Waals surface area contributed by atoms with E-state index in [1.165, 1.54) is 50.7 Å². The third kappa shape index (κ3) is 17.5. The van der Waals surface area contributed by atoms with Crippen molar-refractivity contribution in [3.8, 4) is 0 Å². The van der Waals surface area contributed by atoms with Gasteiger partial charge >= 0.3 is 11.9 Å². The normalized spacial score (nSPS) is 13.3. The lowest BCUT2D eigenvalue weighted by molar-refractivity contribution is -0.146. The molecular formula is C26H48O4. The number of hydrogen-bond acceptors (Lipinski definition) is 4. The Morgan fingerprint density at radius 2 is 0.867 bits per heavy atom. The van der Waals surface area contributed by atoms with E-state index < -0.39 is 11.9 Å². The first-order valence-electron chi connectivity index (χ1n) is 12.7. The van der Waals surface area contributed by atoms with Crippen LogP contribution in [0.25, 0.3) is 0 Å². The Bertz CT molecular complexity index is 404. The molecule has 4 nitrogen and oxygen atoms in total. The fourth-order valence-electron chi connectivity index (χ4n) is 3.53. The Labute approximate surface area is 186 Å². The Balaban J connectivity index is 4.48. The predicted molar refractivity (Wildman–Crippen MR) is 125 cm³/mol. The van der Waals surface area contributed by atoms with Crippen LogP contribution in [0.15, 0.2) is 12.2 Å². The molecule has 4 heteroatoms. The van der Waals surface area contributed by atoms with Gasteiger partial charge in [0.2, 0.25) is 0 Å².